The Labute approximate surface area is 201 Å². The summed E-state index contributed by atoms with van der Waals surface area (Å²) in [6.07, 6.45) is 1.46. The fraction of sp³-hybridized carbons (Fsp3) is 0.286. The molecule has 0 amide bonds. The highest BCUT2D eigenvalue weighted by molar-refractivity contribution is 7.89. The van der Waals surface area contributed by atoms with Gasteiger partial charge < -0.3 is 5.11 Å². The lowest BCUT2D eigenvalue weighted by Crippen LogP contribution is -2.45. The van der Waals surface area contributed by atoms with Crippen LogP contribution in [0.4, 0.5) is 0 Å². The van der Waals surface area contributed by atoms with Gasteiger partial charge in [-0.05, 0) is 35.2 Å². The molecule has 0 fully saturated rings. The first-order valence-corrected chi connectivity index (χ1v) is 12.1. The van der Waals surface area contributed by atoms with Crippen molar-refractivity contribution in [3.05, 3.63) is 73.7 Å². The van der Waals surface area contributed by atoms with Crippen LogP contribution in [0.25, 0.3) is 0 Å². The molecule has 10 heteroatoms. The van der Waals surface area contributed by atoms with Gasteiger partial charge in [0.1, 0.15) is 4.90 Å². The average molecular weight is 523 g/mol. The lowest BCUT2D eigenvalue weighted by atomic mass is 9.87. The number of halogens is 4. The summed E-state index contributed by atoms with van der Waals surface area (Å²) >= 11 is 24.6. The highest BCUT2D eigenvalue weighted by Crippen LogP contribution is 2.48. The van der Waals surface area contributed by atoms with Gasteiger partial charge in [-0.1, -0.05) is 85.4 Å². The van der Waals surface area contributed by atoms with Crippen LogP contribution < -0.4 is 0 Å². The van der Waals surface area contributed by atoms with E-state index in [1.54, 1.807) is 6.07 Å². The second kappa shape index (κ2) is 8.58. The maximum absolute atomic E-state index is 13.9. The van der Waals surface area contributed by atoms with Crippen molar-refractivity contribution >= 4 is 62.4 Å². The van der Waals surface area contributed by atoms with Crippen molar-refractivity contribution in [2.75, 3.05) is 0 Å². The quantitative estimate of drug-likeness (QED) is 0.499. The number of rotatable bonds is 4. The molecule has 1 aliphatic rings. The fourth-order valence-electron chi connectivity index (χ4n) is 3.58. The van der Waals surface area contributed by atoms with Crippen LogP contribution in [0.2, 0.25) is 20.1 Å². The third-order valence-electron chi connectivity index (χ3n) is 5.01. The second-order valence-electron chi connectivity index (χ2n) is 8.20. The van der Waals surface area contributed by atoms with E-state index in [0.29, 0.717) is 5.56 Å². The Morgan fingerprint density at radius 1 is 0.968 bits per heavy atom. The Bertz CT molecular complexity index is 1170. The van der Waals surface area contributed by atoms with Gasteiger partial charge in [-0.15, -0.1) is 0 Å². The Kier molecular flexibility index (Phi) is 6.74. The number of carboxylic acid groups (broad SMARTS) is 1. The molecule has 2 aromatic rings. The zero-order valence-electron chi connectivity index (χ0n) is 16.7. The van der Waals surface area contributed by atoms with E-state index in [1.807, 2.05) is 20.8 Å². The first-order chi connectivity index (χ1) is 14.3. The number of hydrogen-bond donors (Lipinski definition) is 1. The first kappa shape index (κ1) is 24.4. The van der Waals surface area contributed by atoms with E-state index in [4.69, 9.17) is 46.4 Å². The van der Waals surface area contributed by atoms with Gasteiger partial charge in [0.25, 0.3) is 0 Å². The SMILES string of the molecule is CC(C)(C)C1C=C(C(=O)O)[C@H](c2ccc(Cl)c(Cl)c2)N1S(=O)(=O)c1c(Cl)cccc1Cl. The third-order valence-corrected chi connectivity index (χ3v) is 8.55. The van der Waals surface area contributed by atoms with Gasteiger partial charge in [0.15, 0.2) is 0 Å². The van der Waals surface area contributed by atoms with Gasteiger partial charge in [-0.3, -0.25) is 0 Å². The molecular weight excluding hydrogens is 504 g/mol. The number of carbonyl (C=O) groups is 1. The molecular formula is C21H19Cl4NO4S. The lowest BCUT2D eigenvalue weighted by Gasteiger charge is -2.37. The molecule has 2 atom stereocenters. The molecule has 1 unspecified atom stereocenters. The van der Waals surface area contributed by atoms with Crippen LogP contribution in [0.3, 0.4) is 0 Å². The number of hydrogen-bond acceptors (Lipinski definition) is 3. The molecule has 166 valence electrons. The van der Waals surface area contributed by atoms with Crippen LogP contribution in [-0.4, -0.2) is 29.8 Å². The number of nitrogens with zero attached hydrogens (tertiary/aromatic N) is 1. The van der Waals surface area contributed by atoms with E-state index < -0.39 is 33.5 Å². The summed E-state index contributed by atoms with van der Waals surface area (Å²) < 4.78 is 29.0. The van der Waals surface area contributed by atoms with E-state index >= 15 is 0 Å². The molecule has 0 aromatic heterocycles. The van der Waals surface area contributed by atoms with Crippen LogP contribution >= 0.6 is 46.4 Å². The van der Waals surface area contributed by atoms with E-state index in [0.717, 1.165) is 4.31 Å². The minimum Gasteiger partial charge on any atom is -0.478 e. The Balaban J connectivity index is 2.33. The molecule has 0 aliphatic carbocycles. The lowest BCUT2D eigenvalue weighted by molar-refractivity contribution is -0.133. The summed E-state index contributed by atoms with van der Waals surface area (Å²) in [4.78, 5) is 11.9. The van der Waals surface area contributed by atoms with Crippen LogP contribution in [0.1, 0.15) is 32.4 Å². The minimum atomic E-state index is -4.34. The molecule has 5 nitrogen and oxygen atoms in total. The van der Waals surface area contributed by atoms with Crippen molar-refractivity contribution in [3.8, 4) is 0 Å². The van der Waals surface area contributed by atoms with E-state index in [1.165, 1.54) is 36.4 Å². The zero-order valence-corrected chi connectivity index (χ0v) is 20.6. The van der Waals surface area contributed by atoms with E-state index in [-0.39, 0.29) is 30.6 Å². The van der Waals surface area contributed by atoms with Gasteiger partial charge in [0, 0.05) is 6.04 Å². The van der Waals surface area contributed by atoms with Crippen molar-refractivity contribution in [2.24, 2.45) is 5.41 Å². The van der Waals surface area contributed by atoms with Gasteiger partial charge >= 0.3 is 5.97 Å². The Morgan fingerprint density at radius 2 is 1.55 bits per heavy atom. The monoisotopic (exact) mass is 521 g/mol. The highest BCUT2D eigenvalue weighted by Gasteiger charge is 2.50. The number of benzene rings is 2. The number of carboxylic acids is 1. The summed E-state index contributed by atoms with van der Waals surface area (Å²) in [5, 5.41) is 10.2. The Morgan fingerprint density at radius 3 is 2.03 bits per heavy atom. The molecule has 0 bridgehead atoms. The molecule has 3 rings (SSSR count). The van der Waals surface area contributed by atoms with Crippen molar-refractivity contribution in [1.82, 2.24) is 4.31 Å². The third kappa shape index (κ3) is 4.47. The van der Waals surface area contributed by atoms with E-state index in [2.05, 4.69) is 0 Å². The van der Waals surface area contributed by atoms with Crippen molar-refractivity contribution in [3.63, 3.8) is 0 Å². The van der Waals surface area contributed by atoms with Gasteiger partial charge in [-0.2, -0.15) is 4.31 Å². The normalized spacial score (nSPS) is 20.0. The predicted octanol–water partition coefficient (Wildman–Crippen LogP) is 6.47. The fourth-order valence-corrected chi connectivity index (χ4v) is 6.90. The van der Waals surface area contributed by atoms with Gasteiger partial charge in [-0.25, -0.2) is 13.2 Å². The van der Waals surface area contributed by atoms with Crippen molar-refractivity contribution in [2.45, 2.75) is 37.8 Å². The molecule has 0 saturated carbocycles. The summed E-state index contributed by atoms with van der Waals surface area (Å²) in [6, 6.07) is 6.93. The maximum atomic E-state index is 13.9. The molecule has 0 saturated heterocycles. The average Bonchev–Trinajstić information content (AvgIpc) is 3.06. The summed E-state index contributed by atoms with van der Waals surface area (Å²) in [5.41, 5.74) is -0.376. The second-order valence-corrected chi connectivity index (χ2v) is 11.6. The highest BCUT2D eigenvalue weighted by atomic mass is 35.5. The van der Waals surface area contributed by atoms with Crippen molar-refractivity contribution in [1.29, 1.82) is 0 Å². The standard InChI is InChI=1S/C21H19Cl4NO4S/c1-21(2,3)17-10-12(20(27)28)18(11-7-8-13(22)16(25)9-11)26(17)31(29,30)19-14(23)5-4-6-15(19)24/h4-10,17-18H,1-3H3,(H,27,28)/t17?,18-/m0/s1. The topological polar surface area (TPSA) is 74.7 Å². The minimum absolute atomic E-state index is 0.0585. The molecule has 1 N–H and O–H groups in total. The van der Waals surface area contributed by atoms with Crippen LogP contribution in [0.5, 0.6) is 0 Å². The van der Waals surface area contributed by atoms with Crippen molar-refractivity contribution < 1.29 is 18.3 Å². The predicted molar refractivity (Wildman–Crippen MR) is 124 cm³/mol. The molecule has 31 heavy (non-hydrogen) atoms. The summed E-state index contributed by atoms with van der Waals surface area (Å²) in [5.74, 6) is -1.24. The molecule has 0 spiro atoms. The molecule has 1 heterocycles. The zero-order chi connectivity index (χ0) is 23.3. The summed E-state index contributed by atoms with van der Waals surface area (Å²) in [7, 11) is -4.34. The van der Waals surface area contributed by atoms with Gasteiger partial charge in [0.2, 0.25) is 10.0 Å². The molecule has 2 aromatic carbocycles. The van der Waals surface area contributed by atoms with Gasteiger partial charge in [0.05, 0.1) is 31.7 Å². The smallest absolute Gasteiger partial charge is 0.333 e. The molecule has 0 radical (unpaired) electrons. The van der Waals surface area contributed by atoms with Crippen LogP contribution in [-0.2, 0) is 14.8 Å². The number of aliphatic carboxylic acids is 1. The number of sulfonamides is 1. The maximum Gasteiger partial charge on any atom is 0.333 e. The van der Waals surface area contributed by atoms with Crippen LogP contribution in [0.15, 0.2) is 52.9 Å². The summed E-state index contributed by atoms with van der Waals surface area (Å²) in [6.45, 7) is 5.46. The van der Waals surface area contributed by atoms with E-state index in [9.17, 15) is 18.3 Å². The van der Waals surface area contributed by atoms with Crippen LogP contribution in [0, 0.1) is 5.41 Å². The largest absolute Gasteiger partial charge is 0.478 e. The molecule has 1 aliphatic heterocycles. The first-order valence-electron chi connectivity index (χ1n) is 9.14. The Hall–Kier alpha value is -1.28.